The monoisotopic (exact) mass is 450 g/mol. The summed E-state index contributed by atoms with van der Waals surface area (Å²) in [6.07, 6.45) is 1.48. The van der Waals surface area contributed by atoms with Crippen LogP contribution in [-0.2, 0) is 9.59 Å². The smallest absolute Gasteiger partial charge is 0.240 e. The minimum Gasteiger partial charge on any atom is -0.494 e. The summed E-state index contributed by atoms with van der Waals surface area (Å²) < 4.78 is 5.09. The number of anilines is 1. The van der Waals surface area contributed by atoms with Crippen LogP contribution in [0.5, 0.6) is 5.75 Å². The zero-order valence-electron chi connectivity index (χ0n) is 15.2. The van der Waals surface area contributed by atoms with Crippen molar-refractivity contribution in [1.82, 2.24) is 5.32 Å². The van der Waals surface area contributed by atoms with Crippen molar-refractivity contribution >= 4 is 63.8 Å². The molecule has 1 atom stereocenters. The second kappa shape index (κ2) is 9.78. The van der Waals surface area contributed by atoms with Gasteiger partial charge in [-0.15, -0.1) is 5.10 Å². The van der Waals surface area contributed by atoms with Crippen molar-refractivity contribution in [2.45, 2.75) is 11.7 Å². The molecule has 1 heterocycles. The van der Waals surface area contributed by atoms with Gasteiger partial charge in [0.15, 0.2) is 10.9 Å². The van der Waals surface area contributed by atoms with Crippen molar-refractivity contribution in [2.75, 3.05) is 12.4 Å². The highest BCUT2D eigenvalue weighted by molar-refractivity contribution is 8.15. The number of amidine groups is 1. The van der Waals surface area contributed by atoms with Gasteiger partial charge in [-0.1, -0.05) is 53.2 Å². The number of carbonyl (C=O) groups is 2. The van der Waals surface area contributed by atoms with Gasteiger partial charge in [0.05, 0.1) is 23.4 Å². The molecule has 1 saturated heterocycles. The third kappa shape index (κ3) is 5.72. The van der Waals surface area contributed by atoms with Gasteiger partial charge in [-0.05, 0) is 29.8 Å². The van der Waals surface area contributed by atoms with Gasteiger partial charge in [0.2, 0.25) is 11.8 Å². The lowest BCUT2D eigenvalue weighted by Gasteiger charge is -2.06. The van der Waals surface area contributed by atoms with Gasteiger partial charge >= 0.3 is 0 Å². The highest BCUT2D eigenvalue weighted by Gasteiger charge is 2.32. The first-order valence-corrected chi connectivity index (χ1v) is 10.1. The second-order valence-corrected chi connectivity index (χ2v) is 7.89. The van der Waals surface area contributed by atoms with Gasteiger partial charge in [-0.3, -0.25) is 9.59 Å². The molecule has 29 heavy (non-hydrogen) atoms. The molecule has 0 bridgehead atoms. The molecule has 0 radical (unpaired) electrons. The molecule has 2 amide bonds. The largest absolute Gasteiger partial charge is 0.494 e. The second-order valence-electron chi connectivity index (χ2n) is 5.88. The Hall–Kier alpha value is -2.55. The van der Waals surface area contributed by atoms with E-state index in [9.17, 15) is 9.59 Å². The lowest BCUT2D eigenvalue weighted by atomic mass is 10.2. The van der Waals surface area contributed by atoms with Gasteiger partial charge in [0, 0.05) is 12.1 Å². The molecule has 3 rings (SSSR count). The molecule has 0 aromatic heterocycles. The molecule has 1 aliphatic rings. The first kappa shape index (κ1) is 21.2. The van der Waals surface area contributed by atoms with E-state index in [-0.39, 0.29) is 18.2 Å². The molecule has 1 aliphatic heterocycles. The number of ether oxygens (including phenoxy) is 1. The first-order chi connectivity index (χ1) is 14.0. The van der Waals surface area contributed by atoms with E-state index in [2.05, 4.69) is 20.8 Å². The average molecular weight is 451 g/mol. The number of nitrogens with one attached hydrogen (secondary N) is 2. The molecule has 7 nitrogen and oxygen atoms in total. The molecule has 10 heteroatoms. The summed E-state index contributed by atoms with van der Waals surface area (Å²) in [5.74, 6) is -0.161. The average Bonchev–Trinajstić information content (AvgIpc) is 3.01. The van der Waals surface area contributed by atoms with Crippen molar-refractivity contribution in [2.24, 2.45) is 10.2 Å². The Balaban J connectivity index is 1.59. The van der Waals surface area contributed by atoms with E-state index < -0.39 is 5.25 Å². The number of methoxy groups -OCH3 is 1. The van der Waals surface area contributed by atoms with Crippen molar-refractivity contribution < 1.29 is 14.3 Å². The fraction of sp³-hybridized carbons (Fsp3) is 0.158. The topological polar surface area (TPSA) is 92.2 Å². The Morgan fingerprint density at radius 1 is 1.28 bits per heavy atom. The van der Waals surface area contributed by atoms with E-state index in [4.69, 9.17) is 27.9 Å². The number of halogens is 2. The zero-order valence-corrected chi connectivity index (χ0v) is 17.5. The summed E-state index contributed by atoms with van der Waals surface area (Å²) in [5, 5.41) is 13.7. The van der Waals surface area contributed by atoms with Crippen LogP contribution >= 0.6 is 35.0 Å². The molecule has 0 saturated carbocycles. The summed E-state index contributed by atoms with van der Waals surface area (Å²) in [7, 11) is 1.48. The molecule has 2 aromatic rings. The maximum Gasteiger partial charge on any atom is 0.240 e. The third-order valence-electron chi connectivity index (χ3n) is 3.78. The van der Waals surface area contributed by atoms with E-state index in [1.807, 2.05) is 18.2 Å². The van der Waals surface area contributed by atoms with E-state index >= 15 is 0 Å². The minimum atomic E-state index is -0.572. The first-order valence-electron chi connectivity index (χ1n) is 8.42. The maximum atomic E-state index is 12.1. The van der Waals surface area contributed by atoms with Crippen LogP contribution in [0.4, 0.5) is 5.69 Å². The Labute approximate surface area is 181 Å². The number of benzene rings is 2. The van der Waals surface area contributed by atoms with Gasteiger partial charge < -0.3 is 15.4 Å². The highest BCUT2D eigenvalue weighted by atomic mass is 35.5. The number of hydrogen-bond acceptors (Lipinski definition) is 6. The van der Waals surface area contributed by atoms with Crippen LogP contribution in [0.15, 0.2) is 52.7 Å². The third-order valence-corrected chi connectivity index (χ3v) is 5.42. The molecule has 2 N–H and O–H groups in total. The van der Waals surface area contributed by atoms with Gasteiger partial charge in [-0.2, -0.15) is 5.10 Å². The van der Waals surface area contributed by atoms with Gasteiger partial charge in [-0.25, -0.2) is 0 Å². The molecule has 1 fully saturated rings. The molecule has 0 aliphatic carbocycles. The Morgan fingerprint density at radius 2 is 1.97 bits per heavy atom. The lowest BCUT2D eigenvalue weighted by Crippen LogP contribution is -2.28. The predicted molar refractivity (Wildman–Crippen MR) is 117 cm³/mol. The number of thioether (sulfide) groups is 1. The van der Waals surface area contributed by atoms with Crippen LogP contribution in [0.3, 0.4) is 0 Å². The van der Waals surface area contributed by atoms with E-state index in [1.54, 1.807) is 24.3 Å². The van der Waals surface area contributed by atoms with E-state index in [1.165, 1.54) is 13.3 Å². The maximum absolute atomic E-state index is 12.1. The summed E-state index contributed by atoms with van der Waals surface area (Å²) in [5.41, 5.74) is 1.30. The van der Waals surface area contributed by atoms with Crippen LogP contribution in [0.2, 0.25) is 10.0 Å². The van der Waals surface area contributed by atoms with Crippen LogP contribution in [0.25, 0.3) is 0 Å². The summed E-state index contributed by atoms with van der Waals surface area (Å²) in [4.78, 5) is 24.2. The lowest BCUT2D eigenvalue weighted by molar-refractivity contribution is -0.122. The summed E-state index contributed by atoms with van der Waals surface area (Å²) in [6.45, 7) is 0. The Bertz CT molecular complexity index is 960. The molecular weight excluding hydrogens is 435 g/mol. The number of nitrogens with zero attached hydrogens (tertiary/aromatic N) is 2. The Kier molecular flexibility index (Phi) is 7.13. The van der Waals surface area contributed by atoms with Crippen molar-refractivity contribution in [1.29, 1.82) is 0 Å². The molecule has 0 unspecified atom stereocenters. The fourth-order valence-corrected chi connectivity index (χ4v) is 4.07. The highest BCUT2D eigenvalue weighted by Crippen LogP contribution is 2.33. The number of carbonyl (C=O) groups excluding carboxylic acids is 2. The summed E-state index contributed by atoms with van der Waals surface area (Å²) >= 11 is 13.3. The van der Waals surface area contributed by atoms with Crippen molar-refractivity contribution in [3.8, 4) is 5.75 Å². The zero-order chi connectivity index (χ0) is 20.8. The van der Waals surface area contributed by atoms with Crippen molar-refractivity contribution in [3.63, 3.8) is 0 Å². The fourth-order valence-electron chi connectivity index (χ4n) is 2.49. The minimum absolute atomic E-state index is 0.0256. The van der Waals surface area contributed by atoms with Crippen molar-refractivity contribution in [3.05, 3.63) is 58.1 Å². The standard InChI is InChI=1S/C19H16Cl2N4O3S/c1-28-17-13(20)7-11(8-14(17)21)10-22-25-19-24-18(27)15(29-19)9-16(26)23-12-5-3-2-4-6-12/h2-8,10,15H,9H2,1H3,(H,23,26)(H,24,25,27)/b22-10-/t15-/m1/s1. The quantitative estimate of drug-likeness (QED) is 0.514. The van der Waals surface area contributed by atoms with Gasteiger partial charge in [0.25, 0.3) is 0 Å². The van der Waals surface area contributed by atoms with Crippen LogP contribution in [-0.4, -0.2) is 35.6 Å². The molecular formula is C19H16Cl2N4O3S. The number of para-hydroxylation sites is 1. The Morgan fingerprint density at radius 3 is 2.62 bits per heavy atom. The molecule has 150 valence electrons. The number of rotatable bonds is 6. The molecule has 2 aromatic carbocycles. The summed E-state index contributed by atoms with van der Waals surface area (Å²) in [6, 6.07) is 12.3. The van der Waals surface area contributed by atoms with Crippen LogP contribution < -0.4 is 15.4 Å². The van der Waals surface area contributed by atoms with Crippen LogP contribution in [0, 0.1) is 0 Å². The number of hydrogen-bond donors (Lipinski definition) is 2. The molecule has 0 spiro atoms. The number of amides is 2. The predicted octanol–water partition coefficient (Wildman–Crippen LogP) is 3.95. The van der Waals surface area contributed by atoms with E-state index in [0.29, 0.717) is 32.2 Å². The van der Waals surface area contributed by atoms with E-state index in [0.717, 1.165) is 11.8 Å². The normalized spacial score (nSPS) is 17.6. The van der Waals surface area contributed by atoms with Crippen LogP contribution in [0.1, 0.15) is 12.0 Å². The van der Waals surface area contributed by atoms with Gasteiger partial charge in [0.1, 0.15) is 5.25 Å². The SMILES string of the molecule is COc1c(Cl)cc(/C=N\N=C2\NC(=O)[C@@H](CC(=O)Nc3ccccc3)S2)cc1Cl.